The number of ether oxygens (including phenoxy) is 2. The molecule has 0 bridgehead atoms. The van der Waals surface area contributed by atoms with Gasteiger partial charge in [0, 0.05) is 37.5 Å². The predicted octanol–water partition coefficient (Wildman–Crippen LogP) is 1.70. The lowest BCUT2D eigenvalue weighted by atomic mass is 9.94. The smallest absolute Gasteiger partial charge is 0.251 e. The molecule has 0 spiro atoms. The summed E-state index contributed by atoms with van der Waals surface area (Å²) < 4.78 is 11.3. The van der Waals surface area contributed by atoms with Crippen LogP contribution in [0.3, 0.4) is 0 Å². The highest BCUT2D eigenvalue weighted by Gasteiger charge is 2.29. The van der Waals surface area contributed by atoms with Crippen LogP contribution in [-0.4, -0.2) is 59.5 Å². The van der Waals surface area contributed by atoms with Crippen LogP contribution in [0.15, 0.2) is 12.3 Å². The van der Waals surface area contributed by atoms with E-state index >= 15 is 0 Å². The number of carbonyl (C=O) groups excluding carboxylic acids is 1. The van der Waals surface area contributed by atoms with Crippen molar-refractivity contribution in [1.29, 1.82) is 0 Å². The molecule has 3 atom stereocenters. The molecule has 3 rings (SSSR count). The van der Waals surface area contributed by atoms with E-state index in [1.54, 1.807) is 6.20 Å². The fraction of sp³-hybridized carbons (Fsp3) is 0.750. The first-order chi connectivity index (χ1) is 10.7. The highest BCUT2D eigenvalue weighted by atomic mass is 16.5. The Morgan fingerprint density at radius 2 is 2.45 bits per heavy atom. The fourth-order valence-corrected chi connectivity index (χ4v) is 3.28. The van der Waals surface area contributed by atoms with Gasteiger partial charge in [0.2, 0.25) is 0 Å². The number of piperidine rings is 1. The molecule has 0 aliphatic carbocycles. The van der Waals surface area contributed by atoms with Crippen LogP contribution in [0.1, 0.15) is 44.2 Å². The van der Waals surface area contributed by atoms with E-state index in [1.165, 1.54) is 0 Å². The molecule has 1 aromatic heterocycles. The van der Waals surface area contributed by atoms with Crippen molar-refractivity contribution in [1.82, 2.24) is 15.1 Å². The maximum absolute atomic E-state index is 12.6. The van der Waals surface area contributed by atoms with Crippen molar-refractivity contribution in [2.45, 2.75) is 50.7 Å². The quantitative estimate of drug-likeness (QED) is 0.899. The van der Waals surface area contributed by atoms with Crippen LogP contribution in [0.5, 0.6) is 0 Å². The third kappa shape index (κ3) is 3.67. The van der Waals surface area contributed by atoms with Gasteiger partial charge in [-0.15, -0.1) is 0 Å². The number of rotatable bonds is 5. The van der Waals surface area contributed by atoms with Crippen molar-refractivity contribution in [3.63, 3.8) is 0 Å². The standard InChI is InChI=1S/C16H25N3O3/c1-12(22-11-14-5-3-9-21-14)16(20)19-8-2-4-13(10-19)15-6-7-17-18-15/h6-7,12-14H,2-5,8-11H2,1H3,(H,17,18)/t12-,13-,14+/m0/s1. The lowest BCUT2D eigenvalue weighted by Crippen LogP contribution is -2.44. The number of likely N-dealkylation sites (tertiary alicyclic amines) is 1. The lowest BCUT2D eigenvalue weighted by Gasteiger charge is -2.34. The van der Waals surface area contributed by atoms with E-state index in [4.69, 9.17) is 9.47 Å². The number of aromatic amines is 1. The van der Waals surface area contributed by atoms with E-state index in [0.717, 1.165) is 51.1 Å². The normalized spacial score (nSPS) is 27.0. The molecule has 22 heavy (non-hydrogen) atoms. The van der Waals surface area contributed by atoms with E-state index in [-0.39, 0.29) is 12.0 Å². The molecule has 1 amide bonds. The maximum Gasteiger partial charge on any atom is 0.251 e. The molecule has 6 nitrogen and oxygen atoms in total. The summed E-state index contributed by atoms with van der Waals surface area (Å²) in [5, 5.41) is 7.03. The molecule has 2 aliphatic heterocycles. The lowest BCUT2D eigenvalue weighted by molar-refractivity contribution is -0.145. The van der Waals surface area contributed by atoms with Crippen LogP contribution in [0.4, 0.5) is 0 Å². The second-order valence-corrected chi connectivity index (χ2v) is 6.25. The van der Waals surface area contributed by atoms with E-state index in [2.05, 4.69) is 10.2 Å². The van der Waals surface area contributed by atoms with Crippen LogP contribution in [0.2, 0.25) is 0 Å². The van der Waals surface area contributed by atoms with Crippen LogP contribution in [0.25, 0.3) is 0 Å². The zero-order valence-electron chi connectivity index (χ0n) is 13.2. The largest absolute Gasteiger partial charge is 0.376 e. The Balaban J connectivity index is 1.50. The summed E-state index contributed by atoms with van der Waals surface area (Å²) in [6.07, 6.45) is 5.77. The number of aromatic nitrogens is 2. The molecule has 0 aromatic carbocycles. The zero-order chi connectivity index (χ0) is 15.4. The molecule has 0 radical (unpaired) electrons. The van der Waals surface area contributed by atoms with Gasteiger partial charge in [0.05, 0.1) is 12.7 Å². The van der Waals surface area contributed by atoms with Crippen molar-refractivity contribution in [3.05, 3.63) is 18.0 Å². The highest BCUT2D eigenvalue weighted by Crippen LogP contribution is 2.25. The Hall–Kier alpha value is -1.40. The van der Waals surface area contributed by atoms with Gasteiger partial charge in [0.1, 0.15) is 6.10 Å². The average Bonchev–Trinajstić information content (AvgIpc) is 3.25. The summed E-state index contributed by atoms with van der Waals surface area (Å²) in [5.74, 6) is 0.438. The Labute approximate surface area is 131 Å². The van der Waals surface area contributed by atoms with Crippen molar-refractivity contribution in [2.75, 3.05) is 26.3 Å². The highest BCUT2D eigenvalue weighted by molar-refractivity contribution is 5.80. The molecular formula is C16H25N3O3. The van der Waals surface area contributed by atoms with Crippen molar-refractivity contribution >= 4 is 5.91 Å². The molecule has 1 N–H and O–H groups in total. The average molecular weight is 307 g/mol. The summed E-state index contributed by atoms with van der Waals surface area (Å²) in [6.45, 7) is 4.74. The van der Waals surface area contributed by atoms with E-state index in [1.807, 2.05) is 17.9 Å². The zero-order valence-corrected chi connectivity index (χ0v) is 13.2. The van der Waals surface area contributed by atoms with Gasteiger partial charge in [0.15, 0.2) is 0 Å². The Morgan fingerprint density at radius 1 is 1.55 bits per heavy atom. The number of carbonyl (C=O) groups is 1. The van der Waals surface area contributed by atoms with Gasteiger partial charge in [-0.2, -0.15) is 5.10 Å². The number of nitrogens with one attached hydrogen (secondary N) is 1. The third-order valence-electron chi connectivity index (χ3n) is 4.60. The molecule has 2 fully saturated rings. The molecular weight excluding hydrogens is 282 g/mol. The van der Waals surface area contributed by atoms with Gasteiger partial charge < -0.3 is 14.4 Å². The van der Waals surface area contributed by atoms with Crippen molar-refractivity contribution in [3.8, 4) is 0 Å². The number of hydrogen-bond acceptors (Lipinski definition) is 4. The molecule has 2 aliphatic rings. The Bertz CT molecular complexity index is 471. The molecule has 2 saturated heterocycles. The molecule has 6 heteroatoms. The topological polar surface area (TPSA) is 67.5 Å². The monoisotopic (exact) mass is 307 g/mol. The second kappa shape index (κ2) is 7.24. The molecule has 3 heterocycles. The molecule has 0 unspecified atom stereocenters. The third-order valence-corrected chi connectivity index (χ3v) is 4.60. The number of hydrogen-bond donors (Lipinski definition) is 1. The Morgan fingerprint density at radius 3 is 3.18 bits per heavy atom. The van der Waals surface area contributed by atoms with Crippen LogP contribution in [0, 0.1) is 0 Å². The van der Waals surface area contributed by atoms with Crippen LogP contribution in [-0.2, 0) is 14.3 Å². The van der Waals surface area contributed by atoms with Gasteiger partial charge in [-0.3, -0.25) is 9.89 Å². The van der Waals surface area contributed by atoms with Crippen LogP contribution >= 0.6 is 0 Å². The number of amides is 1. The van der Waals surface area contributed by atoms with E-state index in [0.29, 0.717) is 12.5 Å². The second-order valence-electron chi connectivity index (χ2n) is 6.25. The van der Waals surface area contributed by atoms with Gasteiger partial charge in [-0.05, 0) is 38.7 Å². The first kappa shape index (κ1) is 15.5. The minimum absolute atomic E-state index is 0.0854. The first-order valence-electron chi connectivity index (χ1n) is 8.25. The summed E-state index contributed by atoms with van der Waals surface area (Å²) >= 11 is 0. The number of nitrogens with zero attached hydrogens (tertiary/aromatic N) is 2. The minimum Gasteiger partial charge on any atom is -0.376 e. The fourth-order valence-electron chi connectivity index (χ4n) is 3.28. The van der Waals surface area contributed by atoms with E-state index < -0.39 is 6.10 Å². The van der Waals surface area contributed by atoms with Crippen molar-refractivity contribution < 1.29 is 14.3 Å². The molecule has 122 valence electrons. The SMILES string of the molecule is C[C@H](OC[C@H]1CCCO1)C(=O)N1CCC[C@H](c2ccn[nH]2)C1. The summed E-state index contributed by atoms with van der Waals surface area (Å²) in [5.41, 5.74) is 1.12. The van der Waals surface area contributed by atoms with Gasteiger partial charge in [-0.1, -0.05) is 0 Å². The van der Waals surface area contributed by atoms with Gasteiger partial charge in [0.25, 0.3) is 5.91 Å². The van der Waals surface area contributed by atoms with Gasteiger partial charge in [-0.25, -0.2) is 0 Å². The first-order valence-corrected chi connectivity index (χ1v) is 8.25. The maximum atomic E-state index is 12.6. The summed E-state index contributed by atoms with van der Waals surface area (Å²) in [4.78, 5) is 14.5. The number of H-pyrrole nitrogens is 1. The van der Waals surface area contributed by atoms with Crippen LogP contribution < -0.4 is 0 Å². The minimum atomic E-state index is -0.398. The molecule has 0 saturated carbocycles. The van der Waals surface area contributed by atoms with E-state index in [9.17, 15) is 4.79 Å². The summed E-state index contributed by atoms with van der Waals surface area (Å²) in [6, 6.07) is 2.00. The Kier molecular flexibility index (Phi) is 5.10. The summed E-state index contributed by atoms with van der Waals surface area (Å²) in [7, 11) is 0. The molecule has 1 aromatic rings. The predicted molar refractivity (Wildman–Crippen MR) is 81.5 cm³/mol. The van der Waals surface area contributed by atoms with Gasteiger partial charge >= 0.3 is 0 Å². The van der Waals surface area contributed by atoms with Crippen molar-refractivity contribution in [2.24, 2.45) is 0 Å².